The van der Waals surface area contributed by atoms with Gasteiger partial charge in [0.05, 0.1) is 5.69 Å². The molecule has 0 spiro atoms. The third-order valence-electron chi connectivity index (χ3n) is 11.9. The highest BCUT2D eigenvalue weighted by Gasteiger charge is 2.36. The lowest BCUT2D eigenvalue weighted by Gasteiger charge is -2.29. The standard InChI is InChI=1S/C53H37NO/c1-53(2)48-32-37-16-7-6-15-36(37)31-47(48)42-28-27-39(33-49(42)53)54(38-25-23-35(24-26-38)41-18-9-8-17-40(41)34-13-4-3-5-14-34)50-21-12-20-45-43(50)29-30-46-44-19-10-11-22-51(44)55-52(45)46/h3-33H,1-2H3. The van der Waals surface area contributed by atoms with Crippen molar-refractivity contribution in [3.63, 3.8) is 0 Å². The second-order valence-corrected chi connectivity index (χ2v) is 15.3. The van der Waals surface area contributed by atoms with Gasteiger partial charge < -0.3 is 9.32 Å². The number of fused-ring (bicyclic) bond motifs is 9. The zero-order valence-electron chi connectivity index (χ0n) is 30.8. The third kappa shape index (κ3) is 4.88. The number of furan rings is 1. The third-order valence-corrected chi connectivity index (χ3v) is 11.9. The molecule has 2 heteroatoms. The molecule has 0 saturated carbocycles. The number of nitrogens with zero attached hydrogens (tertiary/aromatic N) is 1. The lowest BCUT2D eigenvalue weighted by Crippen LogP contribution is -2.16. The molecule has 0 aliphatic heterocycles. The van der Waals surface area contributed by atoms with Crippen molar-refractivity contribution < 1.29 is 4.42 Å². The van der Waals surface area contributed by atoms with Gasteiger partial charge in [-0.15, -0.1) is 0 Å². The lowest BCUT2D eigenvalue weighted by atomic mass is 9.81. The van der Waals surface area contributed by atoms with Crippen LogP contribution in [0.4, 0.5) is 17.1 Å². The van der Waals surface area contributed by atoms with E-state index in [0.717, 1.165) is 49.8 Å². The summed E-state index contributed by atoms with van der Waals surface area (Å²) in [7, 11) is 0. The van der Waals surface area contributed by atoms with E-state index in [2.05, 4.69) is 201 Å². The molecular formula is C53H37NO. The Morgan fingerprint density at radius 2 is 1.00 bits per heavy atom. The first-order valence-corrected chi connectivity index (χ1v) is 19.1. The second-order valence-electron chi connectivity index (χ2n) is 15.3. The summed E-state index contributed by atoms with van der Waals surface area (Å²) in [5, 5.41) is 7.08. The van der Waals surface area contributed by atoms with Gasteiger partial charge in [-0.05, 0) is 110 Å². The van der Waals surface area contributed by atoms with E-state index in [9.17, 15) is 0 Å². The summed E-state index contributed by atoms with van der Waals surface area (Å²) < 4.78 is 6.56. The first-order valence-electron chi connectivity index (χ1n) is 19.1. The lowest BCUT2D eigenvalue weighted by molar-refractivity contribution is 0.661. The molecule has 260 valence electrons. The summed E-state index contributed by atoms with van der Waals surface area (Å²) in [4.78, 5) is 2.43. The molecule has 1 heterocycles. The van der Waals surface area contributed by atoms with Crippen LogP contribution in [-0.4, -0.2) is 0 Å². The molecule has 0 radical (unpaired) electrons. The zero-order chi connectivity index (χ0) is 36.7. The molecule has 2 nitrogen and oxygen atoms in total. The van der Waals surface area contributed by atoms with E-state index in [0.29, 0.717) is 0 Å². The highest BCUT2D eigenvalue weighted by molar-refractivity contribution is 6.17. The zero-order valence-corrected chi connectivity index (χ0v) is 30.8. The Morgan fingerprint density at radius 3 is 1.80 bits per heavy atom. The summed E-state index contributed by atoms with van der Waals surface area (Å²) in [5.41, 5.74) is 15.2. The van der Waals surface area contributed by atoms with Gasteiger partial charge in [0.2, 0.25) is 0 Å². The van der Waals surface area contributed by atoms with Gasteiger partial charge in [0.15, 0.2) is 0 Å². The van der Waals surface area contributed by atoms with Crippen molar-refractivity contribution in [1.82, 2.24) is 0 Å². The molecular weight excluding hydrogens is 667 g/mol. The van der Waals surface area contributed by atoms with Crippen LogP contribution in [0.15, 0.2) is 192 Å². The molecule has 9 aromatic carbocycles. The van der Waals surface area contributed by atoms with Crippen molar-refractivity contribution in [3.05, 3.63) is 199 Å². The predicted molar refractivity (Wildman–Crippen MR) is 232 cm³/mol. The number of rotatable bonds is 5. The van der Waals surface area contributed by atoms with Crippen LogP contribution in [0.25, 0.3) is 76.9 Å². The molecule has 0 saturated heterocycles. The Hall–Kier alpha value is -6.90. The molecule has 0 unspecified atom stereocenters. The number of benzene rings is 9. The van der Waals surface area contributed by atoms with Crippen molar-refractivity contribution in [3.8, 4) is 33.4 Å². The van der Waals surface area contributed by atoms with Crippen molar-refractivity contribution in [1.29, 1.82) is 0 Å². The van der Waals surface area contributed by atoms with Gasteiger partial charge in [-0.3, -0.25) is 0 Å². The molecule has 1 aromatic heterocycles. The number of anilines is 3. The first kappa shape index (κ1) is 31.6. The average molecular weight is 704 g/mol. The Morgan fingerprint density at radius 1 is 0.400 bits per heavy atom. The Bertz CT molecular complexity index is 3110. The molecule has 1 aliphatic carbocycles. The molecule has 0 amide bonds. The van der Waals surface area contributed by atoms with Crippen molar-refractivity contribution in [2.24, 2.45) is 0 Å². The van der Waals surface area contributed by atoms with E-state index in [1.54, 1.807) is 0 Å². The van der Waals surface area contributed by atoms with Crippen LogP contribution >= 0.6 is 0 Å². The van der Waals surface area contributed by atoms with Crippen molar-refractivity contribution >= 4 is 60.5 Å². The summed E-state index contributed by atoms with van der Waals surface area (Å²) in [6, 6.07) is 68.4. The number of hydrogen-bond acceptors (Lipinski definition) is 2. The van der Waals surface area contributed by atoms with Crippen LogP contribution in [-0.2, 0) is 5.41 Å². The van der Waals surface area contributed by atoms with Gasteiger partial charge >= 0.3 is 0 Å². The monoisotopic (exact) mass is 703 g/mol. The number of hydrogen-bond donors (Lipinski definition) is 0. The van der Waals surface area contributed by atoms with Gasteiger partial charge in [0.25, 0.3) is 0 Å². The maximum atomic E-state index is 6.56. The van der Waals surface area contributed by atoms with Gasteiger partial charge in [0.1, 0.15) is 11.2 Å². The minimum absolute atomic E-state index is 0.166. The van der Waals surface area contributed by atoms with Crippen LogP contribution in [0.3, 0.4) is 0 Å². The maximum Gasteiger partial charge on any atom is 0.143 e. The van der Waals surface area contributed by atoms with Gasteiger partial charge in [-0.2, -0.15) is 0 Å². The molecule has 11 rings (SSSR count). The fourth-order valence-corrected chi connectivity index (χ4v) is 9.09. The Labute approximate surface area is 320 Å². The second kappa shape index (κ2) is 12.1. The quantitative estimate of drug-likeness (QED) is 0.177. The van der Waals surface area contributed by atoms with Gasteiger partial charge in [-0.1, -0.05) is 147 Å². The molecule has 55 heavy (non-hydrogen) atoms. The first-order chi connectivity index (χ1) is 27.0. The Balaban J connectivity index is 1.10. The van der Waals surface area contributed by atoms with Crippen LogP contribution in [0, 0.1) is 0 Å². The molecule has 0 N–H and O–H groups in total. The van der Waals surface area contributed by atoms with E-state index in [-0.39, 0.29) is 5.41 Å². The summed E-state index contributed by atoms with van der Waals surface area (Å²) in [5.74, 6) is 0. The van der Waals surface area contributed by atoms with Crippen LogP contribution in [0.1, 0.15) is 25.0 Å². The fourth-order valence-electron chi connectivity index (χ4n) is 9.09. The average Bonchev–Trinajstić information content (AvgIpc) is 3.73. The van der Waals surface area contributed by atoms with E-state index in [4.69, 9.17) is 4.42 Å². The molecule has 0 atom stereocenters. The van der Waals surface area contributed by atoms with E-state index in [1.165, 1.54) is 55.3 Å². The molecule has 1 aliphatic rings. The fraction of sp³-hybridized carbons (Fsp3) is 0.0566. The SMILES string of the molecule is CC1(C)c2cc(N(c3ccc(-c4ccccc4-c4ccccc4)cc3)c3cccc4c3ccc3c5ccccc5oc43)ccc2-c2cc3ccccc3cc21. The van der Waals surface area contributed by atoms with E-state index in [1.807, 2.05) is 6.07 Å². The predicted octanol–water partition coefficient (Wildman–Crippen LogP) is 15.0. The summed E-state index contributed by atoms with van der Waals surface area (Å²) >= 11 is 0. The summed E-state index contributed by atoms with van der Waals surface area (Å²) in [6.45, 7) is 4.74. The molecule has 0 fully saturated rings. The minimum Gasteiger partial charge on any atom is -0.455 e. The van der Waals surface area contributed by atoms with Gasteiger partial charge in [-0.25, -0.2) is 0 Å². The van der Waals surface area contributed by atoms with Crippen molar-refractivity contribution in [2.75, 3.05) is 4.90 Å². The topological polar surface area (TPSA) is 16.4 Å². The Kier molecular flexibility index (Phi) is 6.93. The van der Waals surface area contributed by atoms with Crippen LogP contribution in [0.2, 0.25) is 0 Å². The minimum atomic E-state index is -0.166. The summed E-state index contributed by atoms with van der Waals surface area (Å²) in [6.07, 6.45) is 0. The maximum absolute atomic E-state index is 6.56. The van der Waals surface area contributed by atoms with Crippen LogP contribution in [0.5, 0.6) is 0 Å². The highest BCUT2D eigenvalue weighted by atomic mass is 16.3. The van der Waals surface area contributed by atoms with E-state index < -0.39 is 0 Å². The van der Waals surface area contributed by atoms with Crippen molar-refractivity contribution in [2.45, 2.75) is 19.3 Å². The molecule has 0 bridgehead atoms. The van der Waals surface area contributed by atoms with E-state index >= 15 is 0 Å². The normalized spacial score (nSPS) is 13.1. The number of para-hydroxylation sites is 1. The van der Waals surface area contributed by atoms with Gasteiger partial charge in [0, 0.05) is 38.3 Å². The largest absolute Gasteiger partial charge is 0.455 e. The molecule has 10 aromatic rings. The van der Waals surface area contributed by atoms with Crippen LogP contribution < -0.4 is 4.90 Å². The highest BCUT2D eigenvalue weighted by Crippen LogP contribution is 2.52. The smallest absolute Gasteiger partial charge is 0.143 e.